The molecule has 20 heavy (non-hydrogen) atoms. The summed E-state index contributed by atoms with van der Waals surface area (Å²) >= 11 is 0. The molecular weight excluding hydrogens is 257 g/mol. The fraction of sp³-hybridized carbons (Fsp3) is 0.438. The highest BCUT2D eigenvalue weighted by Gasteiger charge is 2.20. The minimum atomic E-state index is -0.409. The molecule has 1 aliphatic heterocycles. The summed E-state index contributed by atoms with van der Waals surface area (Å²) in [6.07, 6.45) is 3.49. The van der Waals surface area contributed by atoms with E-state index in [-0.39, 0.29) is 12.5 Å². The minimum Gasteiger partial charge on any atom is -0.395 e. The maximum atomic E-state index is 13.3. The van der Waals surface area contributed by atoms with Crippen LogP contribution in [0, 0.1) is 17.7 Å². The van der Waals surface area contributed by atoms with Crippen LogP contribution in [0.1, 0.15) is 41.6 Å². The van der Waals surface area contributed by atoms with Gasteiger partial charge in [0.1, 0.15) is 5.82 Å². The first kappa shape index (κ1) is 14.5. The summed E-state index contributed by atoms with van der Waals surface area (Å²) in [7, 11) is 0. The number of amides is 1. The Morgan fingerprint density at radius 1 is 1.30 bits per heavy atom. The molecule has 1 aliphatic rings. The first-order chi connectivity index (χ1) is 9.72. The number of carbonyl (C=O) groups excluding carboxylic acids is 1. The van der Waals surface area contributed by atoms with Crippen molar-refractivity contribution in [2.24, 2.45) is 0 Å². The van der Waals surface area contributed by atoms with Gasteiger partial charge in [0, 0.05) is 25.1 Å². The summed E-state index contributed by atoms with van der Waals surface area (Å²) in [5, 5.41) is 8.73. The highest BCUT2D eigenvalue weighted by molar-refractivity contribution is 5.96. The molecule has 1 fully saturated rings. The molecule has 1 N–H and O–H groups in total. The average Bonchev–Trinajstić information content (AvgIpc) is 2.48. The lowest BCUT2D eigenvalue weighted by Crippen LogP contribution is -2.36. The van der Waals surface area contributed by atoms with E-state index >= 15 is 0 Å². The predicted molar refractivity (Wildman–Crippen MR) is 74.7 cm³/mol. The smallest absolute Gasteiger partial charge is 0.255 e. The molecule has 0 spiro atoms. The Kier molecular flexibility index (Phi) is 5.14. The van der Waals surface area contributed by atoms with E-state index in [1.807, 2.05) is 0 Å². The van der Waals surface area contributed by atoms with Gasteiger partial charge in [0.15, 0.2) is 0 Å². The van der Waals surface area contributed by atoms with Gasteiger partial charge < -0.3 is 10.0 Å². The zero-order chi connectivity index (χ0) is 14.4. The van der Waals surface area contributed by atoms with Gasteiger partial charge in [-0.1, -0.05) is 11.8 Å². The van der Waals surface area contributed by atoms with E-state index in [0.29, 0.717) is 17.5 Å². The van der Waals surface area contributed by atoms with E-state index in [2.05, 4.69) is 11.8 Å². The standard InChI is InChI=1S/C16H18FNO2/c17-14-7-8-15(13(12-14)6-2-5-11-19)16(20)18-9-3-1-4-10-18/h7-8,12,19H,1,3-5,9-11H2. The van der Waals surface area contributed by atoms with Crippen LogP contribution in [-0.4, -0.2) is 35.6 Å². The van der Waals surface area contributed by atoms with Crippen LogP contribution < -0.4 is 0 Å². The van der Waals surface area contributed by atoms with Crippen LogP contribution in [0.25, 0.3) is 0 Å². The first-order valence-electron chi connectivity index (χ1n) is 6.91. The molecule has 2 rings (SSSR count). The van der Waals surface area contributed by atoms with E-state index in [9.17, 15) is 9.18 Å². The average molecular weight is 275 g/mol. The Morgan fingerprint density at radius 3 is 2.75 bits per heavy atom. The van der Waals surface area contributed by atoms with Crippen LogP contribution in [0.5, 0.6) is 0 Å². The van der Waals surface area contributed by atoms with E-state index in [4.69, 9.17) is 5.11 Å². The molecule has 0 aromatic heterocycles. The Morgan fingerprint density at radius 2 is 2.05 bits per heavy atom. The number of rotatable bonds is 2. The second-order valence-corrected chi connectivity index (χ2v) is 4.82. The lowest BCUT2D eigenvalue weighted by Gasteiger charge is -2.27. The number of halogens is 1. The number of likely N-dealkylation sites (tertiary alicyclic amines) is 1. The number of benzene rings is 1. The fourth-order valence-corrected chi connectivity index (χ4v) is 2.29. The Labute approximate surface area is 118 Å². The van der Waals surface area contributed by atoms with Crippen molar-refractivity contribution in [3.8, 4) is 11.8 Å². The fourth-order valence-electron chi connectivity index (χ4n) is 2.29. The minimum absolute atomic E-state index is 0.0439. The molecule has 1 aromatic carbocycles. The molecule has 1 aromatic rings. The Bertz CT molecular complexity index is 539. The van der Waals surface area contributed by atoms with Crippen LogP contribution in [0.3, 0.4) is 0 Å². The molecule has 1 heterocycles. The van der Waals surface area contributed by atoms with Gasteiger partial charge in [0.2, 0.25) is 0 Å². The first-order valence-corrected chi connectivity index (χ1v) is 6.91. The second-order valence-electron chi connectivity index (χ2n) is 4.82. The molecule has 0 saturated carbocycles. The van der Waals surface area contributed by atoms with Crippen molar-refractivity contribution in [3.05, 3.63) is 35.1 Å². The van der Waals surface area contributed by atoms with Crippen molar-refractivity contribution in [2.75, 3.05) is 19.7 Å². The number of hydrogen-bond acceptors (Lipinski definition) is 2. The number of piperidine rings is 1. The van der Waals surface area contributed by atoms with Crippen molar-refractivity contribution in [1.82, 2.24) is 4.90 Å². The summed E-state index contributed by atoms with van der Waals surface area (Å²) in [5.74, 6) is 5.02. The molecule has 0 radical (unpaired) electrons. The van der Waals surface area contributed by atoms with Crippen LogP contribution in [-0.2, 0) is 0 Å². The van der Waals surface area contributed by atoms with Crippen molar-refractivity contribution in [2.45, 2.75) is 25.7 Å². The lowest BCUT2D eigenvalue weighted by molar-refractivity contribution is 0.0724. The summed E-state index contributed by atoms with van der Waals surface area (Å²) in [5.41, 5.74) is 0.841. The zero-order valence-corrected chi connectivity index (χ0v) is 11.4. The van der Waals surface area contributed by atoms with Gasteiger partial charge in [0.05, 0.1) is 12.2 Å². The quantitative estimate of drug-likeness (QED) is 0.840. The monoisotopic (exact) mass is 275 g/mol. The maximum absolute atomic E-state index is 13.3. The maximum Gasteiger partial charge on any atom is 0.255 e. The highest BCUT2D eigenvalue weighted by atomic mass is 19.1. The molecule has 106 valence electrons. The zero-order valence-electron chi connectivity index (χ0n) is 11.4. The number of hydrogen-bond donors (Lipinski definition) is 1. The van der Waals surface area contributed by atoms with Gasteiger partial charge in [-0.05, 0) is 37.5 Å². The number of carbonyl (C=O) groups is 1. The molecule has 0 aliphatic carbocycles. The Balaban J connectivity index is 2.25. The number of aliphatic hydroxyl groups excluding tert-OH is 1. The van der Waals surface area contributed by atoms with Gasteiger partial charge in [0.25, 0.3) is 5.91 Å². The van der Waals surface area contributed by atoms with E-state index < -0.39 is 5.82 Å². The largest absolute Gasteiger partial charge is 0.395 e. The van der Waals surface area contributed by atoms with Gasteiger partial charge in [-0.15, -0.1) is 0 Å². The van der Waals surface area contributed by atoms with Crippen molar-refractivity contribution in [3.63, 3.8) is 0 Å². The summed E-state index contributed by atoms with van der Waals surface area (Å²) in [6.45, 7) is 1.46. The molecular formula is C16H18FNO2. The third kappa shape index (κ3) is 3.58. The van der Waals surface area contributed by atoms with Crippen LogP contribution in [0.2, 0.25) is 0 Å². The molecule has 0 atom stereocenters. The molecule has 3 nitrogen and oxygen atoms in total. The van der Waals surface area contributed by atoms with Crippen molar-refractivity contribution >= 4 is 5.91 Å². The van der Waals surface area contributed by atoms with E-state index in [0.717, 1.165) is 32.4 Å². The van der Waals surface area contributed by atoms with Crippen LogP contribution >= 0.6 is 0 Å². The summed E-state index contributed by atoms with van der Waals surface area (Å²) in [6, 6.07) is 4.06. The Hall–Kier alpha value is -1.86. The molecule has 1 saturated heterocycles. The summed E-state index contributed by atoms with van der Waals surface area (Å²) in [4.78, 5) is 14.3. The molecule has 0 bridgehead atoms. The van der Waals surface area contributed by atoms with Crippen molar-refractivity contribution < 1.29 is 14.3 Å². The predicted octanol–water partition coefficient (Wildman–Crippen LogP) is 2.19. The number of aliphatic hydroxyl groups is 1. The topological polar surface area (TPSA) is 40.5 Å². The van der Waals surface area contributed by atoms with Gasteiger partial charge in [-0.2, -0.15) is 0 Å². The third-order valence-electron chi connectivity index (χ3n) is 3.32. The number of nitrogens with zero attached hydrogens (tertiary/aromatic N) is 1. The van der Waals surface area contributed by atoms with E-state index in [1.165, 1.54) is 18.2 Å². The molecule has 1 amide bonds. The van der Waals surface area contributed by atoms with Gasteiger partial charge in [-0.3, -0.25) is 4.79 Å². The summed E-state index contributed by atoms with van der Waals surface area (Å²) < 4.78 is 13.3. The highest BCUT2D eigenvalue weighted by Crippen LogP contribution is 2.17. The van der Waals surface area contributed by atoms with Gasteiger partial charge in [-0.25, -0.2) is 4.39 Å². The van der Waals surface area contributed by atoms with Crippen molar-refractivity contribution in [1.29, 1.82) is 0 Å². The molecule has 0 unspecified atom stereocenters. The second kappa shape index (κ2) is 7.06. The van der Waals surface area contributed by atoms with Gasteiger partial charge >= 0.3 is 0 Å². The third-order valence-corrected chi connectivity index (χ3v) is 3.32. The van der Waals surface area contributed by atoms with E-state index in [1.54, 1.807) is 4.90 Å². The lowest BCUT2D eigenvalue weighted by atomic mass is 10.0. The van der Waals surface area contributed by atoms with Crippen LogP contribution in [0.15, 0.2) is 18.2 Å². The molecule has 4 heteroatoms. The normalized spacial score (nSPS) is 14.6. The van der Waals surface area contributed by atoms with Crippen LogP contribution in [0.4, 0.5) is 4.39 Å². The SMILES string of the molecule is O=C(c1ccc(F)cc1C#CCCO)N1CCCCC1.